The first-order chi connectivity index (χ1) is 13.1. The Labute approximate surface area is 161 Å². The van der Waals surface area contributed by atoms with Gasteiger partial charge in [0.25, 0.3) is 5.91 Å². The lowest BCUT2D eigenvalue weighted by molar-refractivity contribution is 0.100. The lowest BCUT2D eigenvalue weighted by Crippen LogP contribution is -2.27. The monoisotopic (exact) mass is 382 g/mol. The van der Waals surface area contributed by atoms with E-state index in [-0.39, 0.29) is 23.2 Å². The van der Waals surface area contributed by atoms with Crippen molar-refractivity contribution in [3.63, 3.8) is 0 Å². The van der Waals surface area contributed by atoms with E-state index < -0.39 is 5.91 Å². The third-order valence-corrected chi connectivity index (χ3v) is 4.58. The molecule has 0 aliphatic carbocycles. The van der Waals surface area contributed by atoms with E-state index in [2.05, 4.69) is 10.3 Å². The fourth-order valence-electron chi connectivity index (χ4n) is 3.14. The highest BCUT2D eigenvalue weighted by Crippen LogP contribution is 2.36. The van der Waals surface area contributed by atoms with Crippen LogP contribution in [0.1, 0.15) is 21.5 Å². The van der Waals surface area contributed by atoms with Crippen LogP contribution < -0.4 is 16.8 Å². The van der Waals surface area contributed by atoms with E-state index >= 15 is 0 Å². The summed E-state index contributed by atoms with van der Waals surface area (Å²) in [5.41, 5.74) is 14.8. The van der Waals surface area contributed by atoms with E-state index in [1.807, 2.05) is 6.92 Å². The predicted molar refractivity (Wildman–Crippen MR) is 108 cm³/mol. The van der Waals surface area contributed by atoms with E-state index in [1.54, 1.807) is 43.8 Å². The molecule has 9 nitrogen and oxygen atoms in total. The number of carbonyl (C=O) groups is 2. The van der Waals surface area contributed by atoms with E-state index in [0.717, 1.165) is 5.56 Å². The Balaban J connectivity index is 2.32. The van der Waals surface area contributed by atoms with Crippen LogP contribution in [0.15, 0.2) is 24.4 Å². The number of aromatic hydroxyl groups is 1. The quantitative estimate of drug-likeness (QED) is 0.549. The van der Waals surface area contributed by atoms with Gasteiger partial charge < -0.3 is 26.8 Å². The SMILES string of the molecule is Cc1ccc(O)c(C)c1-n1c(N)c(C(N)=O)c2cc(NC(=O)N(C)C)cnc21. The van der Waals surface area contributed by atoms with Crippen LogP contribution in [0.3, 0.4) is 0 Å². The van der Waals surface area contributed by atoms with Crippen molar-refractivity contribution in [1.29, 1.82) is 0 Å². The average molecular weight is 382 g/mol. The Hall–Kier alpha value is -3.75. The minimum absolute atomic E-state index is 0.0948. The summed E-state index contributed by atoms with van der Waals surface area (Å²) in [6.07, 6.45) is 1.47. The summed E-state index contributed by atoms with van der Waals surface area (Å²) < 4.78 is 1.59. The molecule has 28 heavy (non-hydrogen) atoms. The number of benzene rings is 1. The molecule has 0 aliphatic rings. The highest BCUT2D eigenvalue weighted by Gasteiger charge is 2.24. The highest BCUT2D eigenvalue weighted by atomic mass is 16.3. The van der Waals surface area contributed by atoms with Gasteiger partial charge >= 0.3 is 6.03 Å². The number of pyridine rings is 1. The molecule has 3 rings (SSSR count). The van der Waals surface area contributed by atoms with E-state index in [9.17, 15) is 14.7 Å². The number of nitrogens with zero attached hydrogens (tertiary/aromatic N) is 3. The number of nitrogens with one attached hydrogen (secondary N) is 1. The molecule has 0 bridgehead atoms. The van der Waals surface area contributed by atoms with Crippen LogP contribution in [0, 0.1) is 13.8 Å². The zero-order valence-electron chi connectivity index (χ0n) is 16.1. The maximum Gasteiger partial charge on any atom is 0.321 e. The first-order valence-electron chi connectivity index (χ1n) is 8.51. The summed E-state index contributed by atoms with van der Waals surface area (Å²) in [5, 5.41) is 13.2. The van der Waals surface area contributed by atoms with Gasteiger partial charge in [0.05, 0.1) is 23.1 Å². The van der Waals surface area contributed by atoms with Gasteiger partial charge in [0.1, 0.15) is 17.2 Å². The number of nitrogen functional groups attached to an aromatic ring is 1. The standard InChI is InChI=1S/C19H22N6O3/c1-9-5-6-13(26)10(2)15(9)25-16(20)14(17(21)27)12-7-11(8-22-18(12)25)23-19(28)24(3)4/h5-8,26H,20H2,1-4H3,(H2,21,27)(H,23,28). The molecule has 0 fully saturated rings. The Bertz CT molecular complexity index is 1120. The summed E-state index contributed by atoms with van der Waals surface area (Å²) in [7, 11) is 3.22. The molecule has 0 unspecified atom stereocenters. The van der Waals surface area contributed by atoms with Crippen molar-refractivity contribution in [2.24, 2.45) is 5.73 Å². The zero-order chi connectivity index (χ0) is 20.7. The normalized spacial score (nSPS) is 10.9. The molecule has 1 aromatic carbocycles. The molecule has 2 heterocycles. The fourth-order valence-corrected chi connectivity index (χ4v) is 3.14. The summed E-state index contributed by atoms with van der Waals surface area (Å²) in [6.45, 7) is 3.61. The van der Waals surface area contributed by atoms with Gasteiger partial charge in [-0.1, -0.05) is 6.07 Å². The lowest BCUT2D eigenvalue weighted by atomic mass is 10.1. The number of rotatable bonds is 3. The van der Waals surface area contributed by atoms with Crippen molar-refractivity contribution in [3.8, 4) is 11.4 Å². The van der Waals surface area contributed by atoms with Gasteiger partial charge in [0.15, 0.2) is 0 Å². The summed E-state index contributed by atoms with van der Waals surface area (Å²) in [5.74, 6) is -0.505. The summed E-state index contributed by atoms with van der Waals surface area (Å²) >= 11 is 0. The largest absolute Gasteiger partial charge is 0.508 e. The second-order valence-corrected chi connectivity index (χ2v) is 6.75. The lowest BCUT2D eigenvalue weighted by Gasteiger charge is -2.15. The molecule has 6 N–H and O–H groups in total. The number of urea groups is 1. The maximum absolute atomic E-state index is 12.1. The van der Waals surface area contributed by atoms with Crippen LogP contribution in [0.2, 0.25) is 0 Å². The maximum atomic E-state index is 12.1. The first-order valence-corrected chi connectivity index (χ1v) is 8.51. The number of carbonyl (C=O) groups excluding carboxylic acids is 2. The number of amides is 3. The van der Waals surface area contributed by atoms with Crippen molar-refractivity contribution < 1.29 is 14.7 Å². The molecule has 0 aliphatic heterocycles. The van der Waals surface area contributed by atoms with Gasteiger partial charge in [0.2, 0.25) is 0 Å². The topological polar surface area (TPSA) is 140 Å². The number of phenols is 1. The predicted octanol–water partition coefficient (Wildman–Crippen LogP) is 2.12. The van der Waals surface area contributed by atoms with E-state index in [0.29, 0.717) is 28.0 Å². The Morgan fingerprint density at radius 3 is 2.54 bits per heavy atom. The minimum atomic E-state index is -0.713. The first kappa shape index (κ1) is 19.0. The van der Waals surface area contributed by atoms with Crippen molar-refractivity contribution >= 4 is 34.5 Å². The van der Waals surface area contributed by atoms with Gasteiger partial charge in [-0.3, -0.25) is 9.36 Å². The Morgan fingerprint density at radius 2 is 1.93 bits per heavy atom. The Kier molecular flexibility index (Phi) is 4.60. The number of anilines is 2. The number of phenolic OH excluding ortho intramolecular Hbond substituents is 1. The smallest absolute Gasteiger partial charge is 0.321 e. The Morgan fingerprint density at radius 1 is 1.25 bits per heavy atom. The molecule has 146 valence electrons. The molecule has 0 saturated heterocycles. The van der Waals surface area contributed by atoms with Crippen molar-refractivity contribution in [2.75, 3.05) is 25.1 Å². The molecule has 0 radical (unpaired) electrons. The van der Waals surface area contributed by atoms with Crippen molar-refractivity contribution in [1.82, 2.24) is 14.5 Å². The highest BCUT2D eigenvalue weighted by molar-refractivity contribution is 6.11. The third-order valence-electron chi connectivity index (χ3n) is 4.58. The molecule has 3 amide bonds. The van der Waals surface area contributed by atoms with Gasteiger partial charge in [-0.05, 0) is 31.5 Å². The molecule has 0 saturated carbocycles. The fraction of sp³-hybridized carbons (Fsp3) is 0.211. The molecular weight excluding hydrogens is 360 g/mol. The van der Waals surface area contributed by atoms with Crippen LogP contribution in [-0.2, 0) is 0 Å². The summed E-state index contributed by atoms with van der Waals surface area (Å²) in [6, 6.07) is 4.60. The number of nitrogens with two attached hydrogens (primary N) is 2. The third kappa shape index (κ3) is 2.96. The molecule has 0 atom stereocenters. The number of aryl methyl sites for hydroxylation is 1. The molecule has 0 spiro atoms. The molecule has 3 aromatic rings. The number of hydrogen-bond acceptors (Lipinski definition) is 5. The van der Waals surface area contributed by atoms with Gasteiger partial charge in [0, 0.05) is 25.0 Å². The van der Waals surface area contributed by atoms with E-state index in [1.165, 1.54) is 11.1 Å². The average Bonchev–Trinajstić information content (AvgIpc) is 2.90. The van der Waals surface area contributed by atoms with Crippen molar-refractivity contribution in [3.05, 3.63) is 41.1 Å². The van der Waals surface area contributed by atoms with Crippen LogP contribution in [0.5, 0.6) is 5.75 Å². The van der Waals surface area contributed by atoms with Gasteiger partial charge in [-0.15, -0.1) is 0 Å². The number of fused-ring (bicyclic) bond motifs is 1. The van der Waals surface area contributed by atoms with E-state index in [4.69, 9.17) is 11.5 Å². The summed E-state index contributed by atoms with van der Waals surface area (Å²) in [4.78, 5) is 29.8. The molecule has 2 aromatic heterocycles. The van der Waals surface area contributed by atoms with Crippen LogP contribution in [0.4, 0.5) is 16.3 Å². The second kappa shape index (κ2) is 6.76. The van der Waals surface area contributed by atoms with Crippen molar-refractivity contribution in [2.45, 2.75) is 13.8 Å². The molecule has 9 heteroatoms. The van der Waals surface area contributed by atoms with Crippen LogP contribution >= 0.6 is 0 Å². The minimum Gasteiger partial charge on any atom is -0.508 e. The molecular formula is C19H22N6O3. The van der Waals surface area contributed by atoms with Gasteiger partial charge in [-0.25, -0.2) is 9.78 Å². The number of aromatic nitrogens is 2. The van der Waals surface area contributed by atoms with Crippen LogP contribution in [0.25, 0.3) is 16.7 Å². The number of hydrogen-bond donors (Lipinski definition) is 4. The van der Waals surface area contributed by atoms with Gasteiger partial charge in [-0.2, -0.15) is 0 Å². The van der Waals surface area contributed by atoms with Crippen LogP contribution in [-0.4, -0.2) is 45.6 Å². The second-order valence-electron chi connectivity index (χ2n) is 6.75. The zero-order valence-corrected chi connectivity index (χ0v) is 16.1. The number of primary amides is 1.